The third-order valence-electron chi connectivity index (χ3n) is 4.42. The Kier molecular flexibility index (Phi) is 7.40. The minimum Gasteiger partial charge on any atom is -0.355 e. The molecule has 144 valence electrons. The minimum atomic E-state index is -0.343. The highest BCUT2D eigenvalue weighted by atomic mass is 127. The number of urea groups is 1. The van der Waals surface area contributed by atoms with Crippen LogP contribution in [0.15, 0.2) is 47.5 Å². The number of hydrogen-bond donors (Lipinski definition) is 3. The molecule has 0 saturated carbocycles. The van der Waals surface area contributed by atoms with Crippen LogP contribution in [0.3, 0.4) is 0 Å². The lowest BCUT2D eigenvalue weighted by Gasteiger charge is -2.20. The van der Waals surface area contributed by atoms with Crippen LogP contribution >= 0.6 is 24.0 Å². The first-order valence-corrected chi connectivity index (χ1v) is 8.62. The molecular formula is C19H24IN5O2. The van der Waals surface area contributed by atoms with E-state index in [-0.39, 0.29) is 48.5 Å². The largest absolute Gasteiger partial charge is 0.355 e. The van der Waals surface area contributed by atoms with Gasteiger partial charge in [-0.2, -0.15) is 0 Å². The second-order valence-electron chi connectivity index (χ2n) is 6.18. The van der Waals surface area contributed by atoms with Crippen molar-refractivity contribution in [1.29, 1.82) is 0 Å². The summed E-state index contributed by atoms with van der Waals surface area (Å²) in [5.41, 5.74) is 1.15. The SMILES string of the molecule is CN=C(NCCN1C(=O)CNC1=O)NC(C)c1ccc2ccccc2c1.I. The number of guanidine groups is 1. The van der Waals surface area contributed by atoms with E-state index in [1.54, 1.807) is 7.05 Å². The number of amides is 3. The van der Waals surface area contributed by atoms with Gasteiger partial charge >= 0.3 is 6.03 Å². The number of nitrogens with zero attached hydrogens (tertiary/aromatic N) is 2. The molecule has 27 heavy (non-hydrogen) atoms. The molecule has 2 aromatic carbocycles. The molecule has 0 spiro atoms. The summed E-state index contributed by atoms with van der Waals surface area (Å²) >= 11 is 0. The molecule has 0 radical (unpaired) electrons. The monoisotopic (exact) mass is 481 g/mol. The fourth-order valence-electron chi connectivity index (χ4n) is 2.93. The number of nitrogens with one attached hydrogen (secondary N) is 3. The fraction of sp³-hybridized carbons (Fsp3) is 0.316. The smallest absolute Gasteiger partial charge is 0.324 e. The summed E-state index contributed by atoms with van der Waals surface area (Å²) in [4.78, 5) is 28.5. The third kappa shape index (κ3) is 5.09. The van der Waals surface area contributed by atoms with Gasteiger partial charge in [0.15, 0.2) is 5.96 Å². The molecule has 0 aliphatic carbocycles. The Morgan fingerprint density at radius 1 is 1.22 bits per heavy atom. The number of fused-ring (bicyclic) bond motifs is 1. The maximum atomic E-state index is 11.6. The zero-order chi connectivity index (χ0) is 18.5. The zero-order valence-electron chi connectivity index (χ0n) is 15.4. The molecule has 1 heterocycles. The molecule has 3 N–H and O–H groups in total. The van der Waals surface area contributed by atoms with Crippen LogP contribution in [-0.4, -0.2) is 49.5 Å². The van der Waals surface area contributed by atoms with E-state index in [1.807, 2.05) is 12.1 Å². The summed E-state index contributed by atoms with van der Waals surface area (Å²) in [5, 5.41) is 11.4. The molecule has 3 amide bonds. The van der Waals surface area contributed by atoms with Crippen LogP contribution in [0.4, 0.5) is 4.79 Å². The first kappa shape index (κ1) is 20.9. The summed E-state index contributed by atoms with van der Waals surface area (Å²) in [5.74, 6) is 0.419. The van der Waals surface area contributed by atoms with Crippen molar-refractivity contribution >= 4 is 52.6 Å². The lowest BCUT2D eigenvalue weighted by atomic mass is 10.0. The molecule has 3 rings (SSSR count). The van der Waals surface area contributed by atoms with E-state index in [9.17, 15) is 9.59 Å². The molecule has 7 nitrogen and oxygen atoms in total. The Hall–Kier alpha value is -2.36. The Morgan fingerprint density at radius 3 is 2.63 bits per heavy atom. The molecule has 8 heteroatoms. The topological polar surface area (TPSA) is 85.8 Å². The molecule has 1 aliphatic rings. The van der Waals surface area contributed by atoms with Crippen molar-refractivity contribution in [2.75, 3.05) is 26.7 Å². The van der Waals surface area contributed by atoms with Gasteiger partial charge in [-0.3, -0.25) is 14.7 Å². The van der Waals surface area contributed by atoms with Gasteiger partial charge in [0.2, 0.25) is 5.91 Å². The molecule has 2 aromatic rings. The van der Waals surface area contributed by atoms with Crippen LogP contribution in [0, 0.1) is 0 Å². The van der Waals surface area contributed by atoms with Crippen molar-refractivity contribution in [3.63, 3.8) is 0 Å². The van der Waals surface area contributed by atoms with E-state index in [4.69, 9.17) is 0 Å². The summed E-state index contributed by atoms with van der Waals surface area (Å²) in [6, 6.07) is 14.3. The summed E-state index contributed by atoms with van der Waals surface area (Å²) < 4.78 is 0. The standard InChI is InChI=1S/C19H23N5O2.HI/c1-13(15-8-7-14-5-3-4-6-16(14)11-15)23-18(20-2)21-9-10-24-17(25)12-22-19(24)26;/h3-8,11,13H,9-10,12H2,1-2H3,(H,22,26)(H2,20,21,23);1H. The normalized spacial score (nSPS) is 15.3. The van der Waals surface area contributed by atoms with E-state index in [0.29, 0.717) is 19.0 Å². The first-order valence-electron chi connectivity index (χ1n) is 8.62. The molecule has 0 aromatic heterocycles. The van der Waals surface area contributed by atoms with Gasteiger partial charge in [0.1, 0.15) is 0 Å². The van der Waals surface area contributed by atoms with Gasteiger partial charge in [-0.15, -0.1) is 24.0 Å². The summed E-state index contributed by atoms with van der Waals surface area (Å²) in [6.07, 6.45) is 0. The maximum Gasteiger partial charge on any atom is 0.324 e. The number of hydrogen-bond acceptors (Lipinski definition) is 3. The Balaban J connectivity index is 0.00000261. The second-order valence-corrected chi connectivity index (χ2v) is 6.18. The van der Waals surface area contributed by atoms with Crippen molar-refractivity contribution in [3.05, 3.63) is 48.0 Å². The van der Waals surface area contributed by atoms with Gasteiger partial charge in [-0.05, 0) is 29.3 Å². The van der Waals surface area contributed by atoms with Gasteiger partial charge < -0.3 is 16.0 Å². The van der Waals surface area contributed by atoms with Crippen molar-refractivity contribution in [3.8, 4) is 0 Å². The lowest BCUT2D eigenvalue weighted by Crippen LogP contribution is -2.43. The summed E-state index contributed by atoms with van der Waals surface area (Å²) in [6.45, 7) is 2.87. The van der Waals surface area contributed by atoms with E-state index >= 15 is 0 Å². The number of rotatable bonds is 5. The van der Waals surface area contributed by atoms with Crippen molar-refractivity contribution in [1.82, 2.24) is 20.9 Å². The zero-order valence-corrected chi connectivity index (χ0v) is 17.7. The van der Waals surface area contributed by atoms with E-state index in [2.05, 4.69) is 58.2 Å². The Labute approximate surface area is 175 Å². The number of benzene rings is 2. The predicted octanol–water partition coefficient (Wildman–Crippen LogP) is 2.24. The molecule has 1 aliphatic heterocycles. The maximum absolute atomic E-state index is 11.6. The number of aliphatic imine (C=N–C) groups is 1. The van der Waals surface area contributed by atoms with Crippen LogP contribution in [0.5, 0.6) is 0 Å². The van der Waals surface area contributed by atoms with Gasteiger partial charge in [0.05, 0.1) is 12.6 Å². The number of carbonyl (C=O) groups is 2. The second kappa shape index (κ2) is 9.54. The van der Waals surface area contributed by atoms with Crippen molar-refractivity contribution in [2.45, 2.75) is 13.0 Å². The number of carbonyl (C=O) groups excluding carboxylic acids is 2. The molecule has 1 atom stereocenters. The first-order chi connectivity index (χ1) is 12.6. The van der Waals surface area contributed by atoms with Gasteiger partial charge in [-0.1, -0.05) is 36.4 Å². The van der Waals surface area contributed by atoms with E-state index < -0.39 is 0 Å². The van der Waals surface area contributed by atoms with Gasteiger partial charge in [0.25, 0.3) is 0 Å². The van der Waals surface area contributed by atoms with Crippen LogP contribution in [0.2, 0.25) is 0 Å². The molecule has 1 saturated heterocycles. The van der Waals surface area contributed by atoms with Crippen LogP contribution in [0.25, 0.3) is 10.8 Å². The molecule has 1 unspecified atom stereocenters. The number of halogens is 1. The quantitative estimate of drug-likeness (QED) is 0.265. The number of imide groups is 1. The van der Waals surface area contributed by atoms with Crippen LogP contribution in [0.1, 0.15) is 18.5 Å². The van der Waals surface area contributed by atoms with Gasteiger partial charge in [0, 0.05) is 20.1 Å². The van der Waals surface area contributed by atoms with E-state index in [1.165, 1.54) is 15.7 Å². The molecular weight excluding hydrogens is 457 g/mol. The average Bonchev–Trinajstić information content (AvgIpc) is 2.98. The summed E-state index contributed by atoms with van der Waals surface area (Å²) in [7, 11) is 1.69. The highest BCUT2D eigenvalue weighted by Crippen LogP contribution is 2.20. The highest BCUT2D eigenvalue weighted by molar-refractivity contribution is 14.0. The third-order valence-corrected chi connectivity index (χ3v) is 4.42. The van der Waals surface area contributed by atoms with Crippen LogP contribution < -0.4 is 16.0 Å². The van der Waals surface area contributed by atoms with Crippen molar-refractivity contribution in [2.24, 2.45) is 4.99 Å². The predicted molar refractivity (Wildman–Crippen MR) is 117 cm³/mol. The lowest BCUT2D eigenvalue weighted by molar-refractivity contribution is -0.124. The van der Waals surface area contributed by atoms with Gasteiger partial charge in [-0.25, -0.2) is 4.79 Å². The molecule has 0 bridgehead atoms. The highest BCUT2D eigenvalue weighted by Gasteiger charge is 2.27. The fourth-order valence-corrected chi connectivity index (χ4v) is 2.93. The Bertz CT molecular complexity index is 839. The van der Waals surface area contributed by atoms with E-state index in [0.717, 1.165) is 5.56 Å². The minimum absolute atomic E-state index is 0. The van der Waals surface area contributed by atoms with Crippen LogP contribution in [-0.2, 0) is 4.79 Å². The van der Waals surface area contributed by atoms with Crippen molar-refractivity contribution < 1.29 is 9.59 Å². The average molecular weight is 481 g/mol. The molecule has 1 fully saturated rings. The Morgan fingerprint density at radius 2 is 1.96 bits per heavy atom.